The van der Waals surface area contributed by atoms with Crippen LogP contribution < -0.4 is 10.6 Å². The maximum atomic E-state index is 5.39. The van der Waals surface area contributed by atoms with E-state index < -0.39 is 0 Å². The topological polar surface area (TPSA) is 37.2 Å². The zero-order valence-electron chi connectivity index (χ0n) is 9.51. The molecule has 2 N–H and O–H groups in total. The molecule has 1 unspecified atom stereocenters. The molecule has 0 bridgehead atoms. The summed E-state index contributed by atoms with van der Waals surface area (Å²) in [7, 11) is 0. The summed E-state index contributed by atoms with van der Waals surface area (Å²) in [5.41, 5.74) is 0. The van der Waals surface area contributed by atoms with Gasteiger partial charge in [0, 0.05) is 18.6 Å². The van der Waals surface area contributed by atoms with E-state index in [9.17, 15) is 0 Å². The third kappa shape index (κ3) is 5.35. The van der Waals surface area contributed by atoms with Crippen molar-refractivity contribution in [3.8, 4) is 0 Å². The zero-order chi connectivity index (χ0) is 11.3. The molecule has 0 amide bonds. The van der Waals surface area contributed by atoms with Crippen LogP contribution in [0.4, 0.5) is 0 Å². The van der Waals surface area contributed by atoms with E-state index in [1.165, 1.54) is 0 Å². The highest BCUT2D eigenvalue weighted by molar-refractivity contribution is 9.10. The smallest absolute Gasteiger partial charge is 0.169 e. The van der Waals surface area contributed by atoms with Gasteiger partial charge in [0.2, 0.25) is 0 Å². The van der Waals surface area contributed by atoms with Crippen molar-refractivity contribution in [2.24, 2.45) is 0 Å². The van der Waals surface area contributed by atoms with Crippen molar-refractivity contribution in [1.29, 1.82) is 0 Å². The third-order valence-electron chi connectivity index (χ3n) is 2.09. The molecule has 1 rings (SSSR count). The molecule has 0 saturated heterocycles. The van der Waals surface area contributed by atoms with Gasteiger partial charge < -0.3 is 15.1 Å². The Morgan fingerprint density at radius 1 is 1.27 bits per heavy atom. The molecular weight excluding hydrogens is 256 g/mol. The summed E-state index contributed by atoms with van der Waals surface area (Å²) in [6.07, 6.45) is 0. The monoisotopic (exact) mass is 274 g/mol. The van der Waals surface area contributed by atoms with Gasteiger partial charge in [-0.05, 0) is 35.0 Å². The Morgan fingerprint density at radius 2 is 2.00 bits per heavy atom. The minimum atomic E-state index is 0.441. The van der Waals surface area contributed by atoms with Crippen molar-refractivity contribution in [1.82, 2.24) is 10.6 Å². The van der Waals surface area contributed by atoms with Gasteiger partial charge in [-0.2, -0.15) is 0 Å². The van der Waals surface area contributed by atoms with Gasteiger partial charge in [0.25, 0.3) is 0 Å². The fourth-order valence-electron chi connectivity index (χ4n) is 1.21. The number of hydrogen-bond donors (Lipinski definition) is 2. The lowest BCUT2D eigenvalue weighted by Gasteiger charge is -2.15. The van der Waals surface area contributed by atoms with Crippen LogP contribution in [0.2, 0.25) is 0 Å². The van der Waals surface area contributed by atoms with Crippen molar-refractivity contribution in [3.05, 3.63) is 22.6 Å². The van der Waals surface area contributed by atoms with Crippen LogP contribution in [-0.4, -0.2) is 18.6 Å². The van der Waals surface area contributed by atoms with Gasteiger partial charge in [0.05, 0.1) is 6.54 Å². The first-order chi connectivity index (χ1) is 7.08. The Bertz CT molecular complexity index is 286. The minimum absolute atomic E-state index is 0.441. The highest BCUT2D eigenvalue weighted by atomic mass is 79.9. The van der Waals surface area contributed by atoms with E-state index in [0.717, 1.165) is 23.5 Å². The molecule has 3 nitrogen and oxygen atoms in total. The maximum Gasteiger partial charge on any atom is 0.169 e. The van der Waals surface area contributed by atoms with Crippen molar-refractivity contribution >= 4 is 15.9 Å². The number of rotatable bonds is 6. The van der Waals surface area contributed by atoms with Gasteiger partial charge in [-0.1, -0.05) is 13.8 Å². The summed E-state index contributed by atoms with van der Waals surface area (Å²) in [5.74, 6) is 0.957. The Kier molecular flexibility index (Phi) is 5.36. The van der Waals surface area contributed by atoms with E-state index in [1.807, 2.05) is 12.1 Å². The Labute approximate surface area is 99.7 Å². The van der Waals surface area contributed by atoms with E-state index in [-0.39, 0.29) is 0 Å². The highest BCUT2D eigenvalue weighted by Gasteiger charge is 2.04. The average molecular weight is 275 g/mol. The molecule has 86 valence electrons. The molecule has 4 heteroatoms. The molecule has 0 aromatic carbocycles. The molecule has 0 saturated carbocycles. The number of furan rings is 1. The van der Waals surface area contributed by atoms with E-state index in [4.69, 9.17) is 4.42 Å². The third-order valence-corrected chi connectivity index (χ3v) is 2.51. The summed E-state index contributed by atoms with van der Waals surface area (Å²) in [5, 5.41) is 6.77. The van der Waals surface area contributed by atoms with Crippen LogP contribution in [0.15, 0.2) is 21.2 Å². The van der Waals surface area contributed by atoms with Gasteiger partial charge in [0.15, 0.2) is 4.67 Å². The van der Waals surface area contributed by atoms with Crippen LogP contribution in [0.25, 0.3) is 0 Å². The van der Waals surface area contributed by atoms with Crippen molar-refractivity contribution in [2.45, 2.75) is 39.4 Å². The van der Waals surface area contributed by atoms with Crippen molar-refractivity contribution in [3.63, 3.8) is 0 Å². The van der Waals surface area contributed by atoms with Crippen LogP contribution in [0.5, 0.6) is 0 Å². The first-order valence-electron chi connectivity index (χ1n) is 5.29. The van der Waals surface area contributed by atoms with Gasteiger partial charge >= 0.3 is 0 Å². The predicted molar refractivity (Wildman–Crippen MR) is 65.8 cm³/mol. The van der Waals surface area contributed by atoms with Crippen LogP contribution in [0.3, 0.4) is 0 Å². The van der Waals surface area contributed by atoms with Crippen LogP contribution in [-0.2, 0) is 6.54 Å². The average Bonchev–Trinajstić information content (AvgIpc) is 2.58. The fourth-order valence-corrected chi connectivity index (χ4v) is 1.55. The molecule has 1 atom stereocenters. The number of halogens is 1. The van der Waals surface area contributed by atoms with Gasteiger partial charge in [-0.3, -0.25) is 0 Å². The number of hydrogen-bond acceptors (Lipinski definition) is 3. The molecule has 0 aliphatic heterocycles. The SMILES string of the molecule is CC(C)NCC(C)NCc1ccc(Br)o1. The Hall–Kier alpha value is -0.320. The van der Waals surface area contributed by atoms with Gasteiger partial charge in [0.1, 0.15) is 5.76 Å². The normalized spacial score (nSPS) is 13.4. The molecule has 0 fully saturated rings. The molecule has 0 aliphatic rings. The van der Waals surface area contributed by atoms with Crippen molar-refractivity contribution < 1.29 is 4.42 Å². The Morgan fingerprint density at radius 3 is 2.53 bits per heavy atom. The first-order valence-corrected chi connectivity index (χ1v) is 6.08. The predicted octanol–water partition coefficient (Wildman–Crippen LogP) is 2.52. The summed E-state index contributed by atoms with van der Waals surface area (Å²) >= 11 is 3.28. The second-order valence-corrected chi connectivity index (χ2v) is 4.83. The lowest BCUT2D eigenvalue weighted by Crippen LogP contribution is -2.38. The van der Waals surface area contributed by atoms with Crippen LogP contribution in [0.1, 0.15) is 26.5 Å². The van der Waals surface area contributed by atoms with E-state index in [0.29, 0.717) is 12.1 Å². The molecule has 0 aliphatic carbocycles. The molecule has 0 spiro atoms. The maximum absolute atomic E-state index is 5.39. The number of nitrogens with one attached hydrogen (secondary N) is 2. The summed E-state index contributed by atoms with van der Waals surface area (Å²) in [4.78, 5) is 0. The van der Waals surface area contributed by atoms with Crippen LogP contribution in [0, 0.1) is 0 Å². The fraction of sp³-hybridized carbons (Fsp3) is 0.636. The van der Waals surface area contributed by atoms with E-state index >= 15 is 0 Å². The standard InChI is InChI=1S/C11H19BrN2O/c1-8(2)13-6-9(3)14-7-10-4-5-11(12)15-10/h4-5,8-9,13-14H,6-7H2,1-3H3. The molecule has 0 radical (unpaired) electrons. The van der Waals surface area contributed by atoms with Gasteiger partial charge in [-0.15, -0.1) is 0 Å². The largest absolute Gasteiger partial charge is 0.453 e. The lowest BCUT2D eigenvalue weighted by molar-refractivity contribution is 0.424. The van der Waals surface area contributed by atoms with E-state index in [2.05, 4.69) is 47.3 Å². The lowest BCUT2D eigenvalue weighted by atomic mass is 10.3. The van der Waals surface area contributed by atoms with Crippen LogP contribution >= 0.6 is 15.9 Å². The molecular formula is C11H19BrN2O. The van der Waals surface area contributed by atoms with Crippen molar-refractivity contribution in [2.75, 3.05) is 6.54 Å². The summed E-state index contributed by atoms with van der Waals surface area (Å²) in [6, 6.07) is 4.86. The summed E-state index contributed by atoms with van der Waals surface area (Å²) < 4.78 is 6.18. The highest BCUT2D eigenvalue weighted by Crippen LogP contribution is 2.13. The second kappa shape index (κ2) is 6.30. The molecule has 1 aromatic rings. The van der Waals surface area contributed by atoms with E-state index in [1.54, 1.807) is 0 Å². The Balaban J connectivity index is 2.19. The van der Waals surface area contributed by atoms with Gasteiger partial charge in [-0.25, -0.2) is 0 Å². The summed E-state index contributed by atoms with van der Waals surface area (Å²) in [6.45, 7) is 8.20. The molecule has 1 heterocycles. The molecule has 15 heavy (non-hydrogen) atoms. The molecule has 1 aromatic heterocycles. The zero-order valence-corrected chi connectivity index (χ0v) is 11.1. The first kappa shape index (κ1) is 12.7. The quantitative estimate of drug-likeness (QED) is 0.837. The second-order valence-electron chi connectivity index (χ2n) is 4.05. The minimum Gasteiger partial charge on any atom is -0.453 e.